The Morgan fingerprint density at radius 2 is 1.86 bits per heavy atom. The zero-order valence-corrected chi connectivity index (χ0v) is 15.0. The van der Waals surface area contributed by atoms with E-state index in [9.17, 15) is 8.42 Å². The van der Waals surface area contributed by atoms with Gasteiger partial charge < -0.3 is 4.90 Å². The second-order valence-corrected chi connectivity index (χ2v) is 8.95. The van der Waals surface area contributed by atoms with Crippen molar-refractivity contribution in [3.05, 3.63) is 0 Å². The van der Waals surface area contributed by atoms with Crippen molar-refractivity contribution in [2.75, 3.05) is 40.1 Å². The summed E-state index contributed by atoms with van der Waals surface area (Å²) in [6.07, 6.45) is 6.18. The maximum absolute atomic E-state index is 12.9. The van der Waals surface area contributed by atoms with Gasteiger partial charge in [0.25, 0.3) is 10.2 Å². The minimum atomic E-state index is -3.41. The van der Waals surface area contributed by atoms with Crippen molar-refractivity contribution in [3.8, 4) is 0 Å². The zero-order chi connectivity index (χ0) is 15.7. The first kappa shape index (κ1) is 17.5. The highest BCUT2D eigenvalue weighted by Crippen LogP contribution is 2.37. The van der Waals surface area contributed by atoms with E-state index in [-0.39, 0.29) is 11.6 Å². The van der Waals surface area contributed by atoms with E-state index in [0.29, 0.717) is 19.0 Å². The van der Waals surface area contributed by atoms with E-state index in [0.717, 1.165) is 32.1 Å². The van der Waals surface area contributed by atoms with E-state index in [1.54, 1.807) is 11.4 Å². The molecule has 2 rings (SSSR count). The van der Waals surface area contributed by atoms with Gasteiger partial charge in [0.05, 0.1) is 0 Å². The summed E-state index contributed by atoms with van der Waals surface area (Å²) in [6, 6.07) is -0.0513. The van der Waals surface area contributed by atoms with Gasteiger partial charge in [-0.2, -0.15) is 17.0 Å². The predicted molar refractivity (Wildman–Crippen MR) is 86.9 cm³/mol. The molecule has 124 valence electrons. The Morgan fingerprint density at radius 3 is 2.33 bits per heavy atom. The second kappa shape index (κ2) is 6.71. The molecule has 1 atom stereocenters. The topological polar surface area (TPSA) is 43.9 Å². The number of hydrogen-bond acceptors (Lipinski definition) is 3. The average molecular weight is 338 g/mol. The van der Waals surface area contributed by atoms with E-state index in [2.05, 4.69) is 4.90 Å². The fraction of sp³-hybridized carbons (Fsp3) is 1.00. The lowest BCUT2D eigenvalue weighted by Gasteiger charge is -2.49. The van der Waals surface area contributed by atoms with E-state index in [1.165, 1.54) is 10.7 Å². The number of piperidine rings is 1. The Labute approximate surface area is 134 Å². The van der Waals surface area contributed by atoms with Crippen molar-refractivity contribution in [2.24, 2.45) is 0 Å². The van der Waals surface area contributed by atoms with E-state index < -0.39 is 10.2 Å². The molecule has 1 aliphatic carbocycles. The van der Waals surface area contributed by atoms with Crippen LogP contribution in [0.4, 0.5) is 0 Å². The van der Waals surface area contributed by atoms with Crippen molar-refractivity contribution < 1.29 is 8.42 Å². The standard InChI is InChI=1S/C14H28ClN3O2S/c1-16(2)14(8-6-9-14)12-17(3)21(19,20)18-10-5-4-7-13(18)11-15/h13H,4-12H2,1-3H3. The average Bonchev–Trinajstić information content (AvgIpc) is 2.41. The van der Waals surface area contributed by atoms with Crippen LogP contribution in [0.15, 0.2) is 0 Å². The number of hydrogen-bond donors (Lipinski definition) is 0. The third kappa shape index (κ3) is 3.39. The third-order valence-corrected chi connectivity index (χ3v) is 7.54. The third-order valence-electron chi connectivity index (χ3n) is 5.19. The number of alkyl halides is 1. The summed E-state index contributed by atoms with van der Waals surface area (Å²) in [6.45, 7) is 1.16. The lowest BCUT2D eigenvalue weighted by molar-refractivity contribution is 0.0437. The van der Waals surface area contributed by atoms with Gasteiger partial charge in [-0.3, -0.25) is 0 Å². The largest absolute Gasteiger partial charge is 0.302 e. The van der Waals surface area contributed by atoms with Gasteiger partial charge in [0.2, 0.25) is 0 Å². The molecule has 1 heterocycles. The highest BCUT2D eigenvalue weighted by atomic mass is 35.5. The van der Waals surface area contributed by atoms with Crippen molar-refractivity contribution >= 4 is 21.8 Å². The summed E-state index contributed by atoms with van der Waals surface area (Å²) in [5.74, 6) is 0.381. The monoisotopic (exact) mass is 337 g/mol. The van der Waals surface area contributed by atoms with E-state index in [1.807, 2.05) is 14.1 Å². The molecule has 1 unspecified atom stereocenters. The summed E-state index contributed by atoms with van der Waals surface area (Å²) in [5.41, 5.74) is 0.00800. The van der Waals surface area contributed by atoms with Crippen LogP contribution in [0.25, 0.3) is 0 Å². The lowest BCUT2D eigenvalue weighted by Crippen LogP contribution is -2.60. The highest BCUT2D eigenvalue weighted by Gasteiger charge is 2.43. The predicted octanol–water partition coefficient (Wildman–Crippen LogP) is 1.74. The minimum Gasteiger partial charge on any atom is -0.302 e. The molecule has 0 aromatic rings. The molecular weight excluding hydrogens is 310 g/mol. The number of halogens is 1. The molecule has 0 aromatic heterocycles. The Balaban J connectivity index is 2.11. The van der Waals surface area contributed by atoms with Crippen LogP contribution in [0.1, 0.15) is 38.5 Å². The van der Waals surface area contributed by atoms with Gasteiger partial charge in [0.1, 0.15) is 0 Å². The number of nitrogens with zero attached hydrogens (tertiary/aromatic N) is 3. The molecule has 2 aliphatic rings. The molecular formula is C14H28ClN3O2S. The summed E-state index contributed by atoms with van der Waals surface area (Å²) >= 11 is 5.97. The molecule has 1 aliphatic heterocycles. The van der Waals surface area contributed by atoms with Gasteiger partial charge >= 0.3 is 0 Å². The van der Waals surface area contributed by atoms with Crippen LogP contribution < -0.4 is 0 Å². The van der Waals surface area contributed by atoms with Crippen LogP contribution in [0.5, 0.6) is 0 Å². The van der Waals surface area contributed by atoms with Gasteiger partial charge in [0, 0.05) is 37.6 Å². The SMILES string of the molecule is CN(C)C1(CN(C)S(=O)(=O)N2CCCCC2CCl)CCC1. The molecule has 0 amide bonds. The summed E-state index contributed by atoms with van der Waals surface area (Å²) < 4.78 is 28.9. The molecule has 1 saturated heterocycles. The first-order chi connectivity index (χ1) is 9.83. The first-order valence-corrected chi connectivity index (χ1v) is 9.73. The normalized spacial score (nSPS) is 27.0. The summed E-state index contributed by atoms with van der Waals surface area (Å²) in [5, 5.41) is 0. The highest BCUT2D eigenvalue weighted by molar-refractivity contribution is 7.86. The smallest absolute Gasteiger partial charge is 0.282 e. The minimum absolute atomic E-state index is 0.00800. The fourth-order valence-corrected chi connectivity index (χ4v) is 5.52. The lowest BCUT2D eigenvalue weighted by atomic mass is 9.75. The number of likely N-dealkylation sites (N-methyl/N-ethyl adjacent to an activating group) is 2. The van der Waals surface area contributed by atoms with Gasteiger partial charge in [-0.25, -0.2) is 0 Å². The molecule has 5 nitrogen and oxygen atoms in total. The maximum Gasteiger partial charge on any atom is 0.282 e. The van der Waals surface area contributed by atoms with Crippen molar-refractivity contribution in [3.63, 3.8) is 0 Å². The van der Waals surface area contributed by atoms with Crippen LogP contribution in [-0.4, -0.2) is 73.6 Å². The molecule has 7 heteroatoms. The molecule has 0 aromatic carbocycles. The van der Waals surface area contributed by atoms with E-state index in [4.69, 9.17) is 11.6 Å². The maximum atomic E-state index is 12.9. The molecule has 0 radical (unpaired) electrons. The van der Waals surface area contributed by atoms with Crippen LogP contribution >= 0.6 is 11.6 Å². The van der Waals surface area contributed by atoms with Crippen molar-refractivity contribution in [2.45, 2.75) is 50.1 Å². The van der Waals surface area contributed by atoms with Gasteiger partial charge in [0.15, 0.2) is 0 Å². The zero-order valence-electron chi connectivity index (χ0n) is 13.4. The number of rotatable bonds is 6. The summed E-state index contributed by atoms with van der Waals surface area (Å²) in [4.78, 5) is 2.18. The fourth-order valence-electron chi connectivity index (χ4n) is 3.44. The first-order valence-electron chi connectivity index (χ1n) is 7.80. The van der Waals surface area contributed by atoms with Crippen LogP contribution in [0, 0.1) is 0 Å². The quantitative estimate of drug-likeness (QED) is 0.693. The molecule has 0 N–H and O–H groups in total. The van der Waals surface area contributed by atoms with Gasteiger partial charge in [-0.1, -0.05) is 6.42 Å². The van der Waals surface area contributed by atoms with Crippen LogP contribution in [-0.2, 0) is 10.2 Å². The Morgan fingerprint density at radius 1 is 1.19 bits per heavy atom. The molecule has 21 heavy (non-hydrogen) atoms. The Kier molecular flexibility index (Phi) is 5.58. The molecule has 0 spiro atoms. The van der Waals surface area contributed by atoms with Crippen molar-refractivity contribution in [1.29, 1.82) is 0 Å². The van der Waals surface area contributed by atoms with Gasteiger partial charge in [-0.05, 0) is 46.2 Å². The van der Waals surface area contributed by atoms with Gasteiger partial charge in [-0.15, -0.1) is 11.6 Å². The Hall–Kier alpha value is 0.120. The summed E-state index contributed by atoms with van der Waals surface area (Å²) in [7, 11) is 2.38. The van der Waals surface area contributed by atoms with E-state index >= 15 is 0 Å². The van der Waals surface area contributed by atoms with Crippen LogP contribution in [0.2, 0.25) is 0 Å². The molecule has 2 fully saturated rings. The molecule has 0 bridgehead atoms. The van der Waals surface area contributed by atoms with Crippen LogP contribution in [0.3, 0.4) is 0 Å². The second-order valence-electron chi connectivity index (χ2n) is 6.65. The van der Waals surface area contributed by atoms with Crippen molar-refractivity contribution in [1.82, 2.24) is 13.5 Å². The Bertz CT molecular complexity index is 451. The molecule has 1 saturated carbocycles.